The summed E-state index contributed by atoms with van der Waals surface area (Å²) in [5.74, 6) is 2.05. The molecule has 0 bridgehead atoms. The third-order valence-electron chi connectivity index (χ3n) is 5.90. The van der Waals surface area contributed by atoms with Crippen molar-refractivity contribution in [2.75, 3.05) is 32.8 Å². The van der Waals surface area contributed by atoms with E-state index < -0.39 is 0 Å². The van der Waals surface area contributed by atoms with Crippen molar-refractivity contribution in [1.82, 2.24) is 19.7 Å². The summed E-state index contributed by atoms with van der Waals surface area (Å²) in [6, 6.07) is 11.6. The number of benzene rings is 2. The number of rotatable bonds is 7. The summed E-state index contributed by atoms with van der Waals surface area (Å²) in [5, 5.41) is 7.94. The Kier molecular flexibility index (Phi) is 6.08. The Bertz CT molecular complexity index is 1230. The molecule has 0 atom stereocenters. The highest BCUT2D eigenvalue weighted by Gasteiger charge is 2.15. The van der Waals surface area contributed by atoms with Crippen LogP contribution >= 0.6 is 0 Å². The van der Waals surface area contributed by atoms with Crippen LogP contribution in [0, 0.1) is 5.92 Å². The van der Waals surface area contributed by atoms with Crippen molar-refractivity contribution in [3.05, 3.63) is 55.0 Å². The Balaban J connectivity index is 1.37. The molecule has 170 valence electrons. The summed E-state index contributed by atoms with van der Waals surface area (Å²) in [6.07, 6.45) is 7.88. The second-order valence-electron chi connectivity index (χ2n) is 8.19. The number of nitrogens with zero attached hydrogens (tertiary/aromatic N) is 4. The number of methoxy groups -OCH3 is 2. The standard InChI is InChI=1S/C25H27N5O3/c1-31-21-9-20(10-22(12-21)32-2)28-19-3-4-23-24(11-19)29-25(14-26-23)18-13-27-30(16-18)15-17-5-7-33-8-6-17/h3-4,9-14,16-17,28H,5-8,15H2,1-2H3. The first-order valence-electron chi connectivity index (χ1n) is 11.1. The van der Waals surface area contributed by atoms with E-state index in [0.717, 1.165) is 77.8 Å². The van der Waals surface area contributed by atoms with Gasteiger partial charge in [-0.05, 0) is 37.0 Å². The maximum Gasteiger partial charge on any atom is 0.124 e. The van der Waals surface area contributed by atoms with E-state index in [1.165, 1.54) is 0 Å². The molecule has 0 amide bonds. The number of hydrogen-bond donors (Lipinski definition) is 1. The third kappa shape index (κ3) is 4.90. The van der Waals surface area contributed by atoms with Crippen molar-refractivity contribution >= 4 is 22.4 Å². The molecule has 0 saturated carbocycles. The molecule has 0 unspecified atom stereocenters. The van der Waals surface area contributed by atoms with Gasteiger partial charge in [-0.2, -0.15) is 5.10 Å². The van der Waals surface area contributed by atoms with E-state index in [1.54, 1.807) is 20.4 Å². The number of ether oxygens (including phenoxy) is 3. The molecular formula is C25H27N5O3. The van der Waals surface area contributed by atoms with Crippen molar-refractivity contribution < 1.29 is 14.2 Å². The Morgan fingerprint density at radius 3 is 2.52 bits per heavy atom. The summed E-state index contributed by atoms with van der Waals surface area (Å²) < 4.78 is 18.2. The van der Waals surface area contributed by atoms with Crippen LogP contribution in [0.1, 0.15) is 12.8 Å². The summed E-state index contributed by atoms with van der Waals surface area (Å²) in [7, 11) is 3.27. The molecule has 1 aliphatic heterocycles. The predicted octanol–water partition coefficient (Wildman–Crippen LogP) is 4.68. The summed E-state index contributed by atoms with van der Waals surface area (Å²) in [4.78, 5) is 9.45. The van der Waals surface area contributed by atoms with Gasteiger partial charge in [0.25, 0.3) is 0 Å². The van der Waals surface area contributed by atoms with Crippen LogP contribution in [0.4, 0.5) is 11.4 Å². The Morgan fingerprint density at radius 1 is 0.970 bits per heavy atom. The van der Waals surface area contributed by atoms with Crippen molar-refractivity contribution in [3.8, 4) is 22.8 Å². The molecule has 2 aromatic heterocycles. The molecule has 2 aromatic carbocycles. The zero-order valence-electron chi connectivity index (χ0n) is 18.8. The maximum absolute atomic E-state index is 5.46. The summed E-state index contributed by atoms with van der Waals surface area (Å²) in [6.45, 7) is 2.59. The maximum atomic E-state index is 5.46. The van der Waals surface area contributed by atoms with Crippen molar-refractivity contribution in [2.45, 2.75) is 19.4 Å². The molecule has 1 saturated heterocycles. The minimum Gasteiger partial charge on any atom is -0.497 e. The topological polar surface area (TPSA) is 83.3 Å². The number of fused-ring (bicyclic) bond motifs is 1. The van der Waals surface area contributed by atoms with E-state index in [1.807, 2.05) is 47.3 Å². The van der Waals surface area contributed by atoms with Gasteiger partial charge >= 0.3 is 0 Å². The fourth-order valence-electron chi connectivity index (χ4n) is 4.06. The minimum absolute atomic E-state index is 0.609. The fraction of sp³-hybridized carbons (Fsp3) is 0.320. The van der Waals surface area contributed by atoms with Gasteiger partial charge in [-0.25, -0.2) is 4.98 Å². The van der Waals surface area contributed by atoms with Crippen LogP contribution in [0.5, 0.6) is 11.5 Å². The van der Waals surface area contributed by atoms with E-state index in [0.29, 0.717) is 5.92 Å². The lowest BCUT2D eigenvalue weighted by Crippen LogP contribution is -2.20. The van der Waals surface area contributed by atoms with Gasteiger partial charge in [0.05, 0.1) is 43.3 Å². The highest BCUT2D eigenvalue weighted by atomic mass is 16.5. The van der Waals surface area contributed by atoms with E-state index >= 15 is 0 Å². The Hall–Kier alpha value is -3.65. The van der Waals surface area contributed by atoms with Crippen LogP contribution in [-0.2, 0) is 11.3 Å². The lowest BCUT2D eigenvalue weighted by atomic mass is 10.0. The smallest absolute Gasteiger partial charge is 0.124 e. The van der Waals surface area contributed by atoms with Gasteiger partial charge in [-0.1, -0.05) is 0 Å². The van der Waals surface area contributed by atoms with Crippen molar-refractivity contribution in [3.63, 3.8) is 0 Å². The largest absolute Gasteiger partial charge is 0.497 e. The quantitative estimate of drug-likeness (QED) is 0.442. The van der Waals surface area contributed by atoms with Crippen molar-refractivity contribution in [2.24, 2.45) is 5.92 Å². The van der Waals surface area contributed by atoms with Crippen LogP contribution in [0.25, 0.3) is 22.3 Å². The minimum atomic E-state index is 0.609. The van der Waals surface area contributed by atoms with Gasteiger partial charge in [-0.15, -0.1) is 0 Å². The first-order valence-corrected chi connectivity index (χ1v) is 11.1. The molecule has 1 N–H and O–H groups in total. The van der Waals surface area contributed by atoms with Gasteiger partial charge in [-0.3, -0.25) is 9.67 Å². The molecule has 1 fully saturated rings. The van der Waals surface area contributed by atoms with Crippen LogP contribution in [0.15, 0.2) is 55.0 Å². The highest BCUT2D eigenvalue weighted by Crippen LogP contribution is 2.29. The molecule has 8 nitrogen and oxygen atoms in total. The lowest BCUT2D eigenvalue weighted by molar-refractivity contribution is 0.0601. The SMILES string of the molecule is COc1cc(Nc2ccc3ncc(-c4cnn(CC5CCOCC5)c4)nc3c2)cc(OC)c1. The molecule has 4 aromatic rings. The second kappa shape index (κ2) is 9.46. The average molecular weight is 446 g/mol. The lowest BCUT2D eigenvalue weighted by Gasteiger charge is -2.21. The highest BCUT2D eigenvalue weighted by molar-refractivity contribution is 5.82. The predicted molar refractivity (Wildman–Crippen MR) is 127 cm³/mol. The first kappa shape index (κ1) is 21.2. The number of hydrogen-bond acceptors (Lipinski definition) is 7. The normalized spacial score (nSPS) is 14.4. The van der Waals surface area contributed by atoms with Gasteiger partial charge in [0.1, 0.15) is 11.5 Å². The van der Waals surface area contributed by atoms with Gasteiger partial charge in [0.2, 0.25) is 0 Å². The van der Waals surface area contributed by atoms with Gasteiger partial charge < -0.3 is 19.5 Å². The van der Waals surface area contributed by atoms with Crippen LogP contribution < -0.4 is 14.8 Å². The molecule has 5 rings (SSSR count). The number of nitrogens with one attached hydrogen (secondary N) is 1. The van der Waals surface area contributed by atoms with Gasteiger partial charge in [0.15, 0.2) is 0 Å². The van der Waals surface area contributed by atoms with Gasteiger partial charge in [0, 0.05) is 61.1 Å². The summed E-state index contributed by atoms with van der Waals surface area (Å²) in [5.41, 5.74) is 5.18. The average Bonchev–Trinajstić information content (AvgIpc) is 3.32. The fourth-order valence-corrected chi connectivity index (χ4v) is 4.06. The van der Waals surface area contributed by atoms with Crippen LogP contribution in [0.3, 0.4) is 0 Å². The first-order chi connectivity index (χ1) is 16.2. The van der Waals surface area contributed by atoms with E-state index in [2.05, 4.69) is 21.6 Å². The monoisotopic (exact) mass is 445 g/mol. The molecule has 3 heterocycles. The molecule has 33 heavy (non-hydrogen) atoms. The molecule has 0 spiro atoms. The van der Waals surface area contributed by atoms with E-state index in [4.69, 9.17) is 19.2 Å². The molecule has 0 aliphatic carbocycles. The summed E-state index contributed by atoms with van der Waals surface area (Å²) >= 11 is 0. The molecule has 8 heteroatoms. The van der Waals surface area contributed by atoms with E-state index in [-0.39, 0.29) is 0 Å². The molecular weight excluding hydrogens is 418 g/mol. The zero-order valence-corrected chi connectivity index (χ0v) is 18.8. The molecule has 1 aliphatic rings. The Morgan fingerprint density at radius 2 is 1.76 bits per heavy atom. The Labute approximate surface area is 192 Å². The van der Waals surface area contributed by atoms with Crippen LogP contribution in [0.2, 0.25) is 0 Å². The second-order valence-corrected chi connectivity index (χ2v) is 8.19. The number of aromatic nitrogens is 4. The van der Waals surface area contributed by atoms with Crippen molar-refractivity contribution in [1.29, 1.82) is 0 Å². The number of anilines is 2. The third-order valence-corrected chi connectivity index (χ3v) is 5.90. The molecule has 0 radical (unpaired) electrons. The van der Waals surface area contributed by atoms with E-state index in [9.17, 15) is 0 Å². The zero-order chi connectivity index (χ0) is 22.6. The van der Waals surface area contributed by atoms with Crippen LogP contribution in [-0.4, -0.2) is 47.2 Å².